The highest BCUT2D eigenvalue weighted by atomic mass is 16.1. The molecular weight excluding hydrogens is 300 g/mol. The Morgan fingerprint density at radius 2 is 1.58 bits per heavy atom. The molecule has 0 radical (unpaired) electrons. The second kappa shape index (κ2) is 5.28. The van der Waals surface area contributed by atoms with Crippen LogP contribution in [-0.4, -0.2) is 17.2 Å². The molecule has 0 saturated carbocycles. The predicted octanol–water partition coefficient (Wildman–Crippen LogP) is 3.05. The molecule has 3 N–H and O–H groups in total. The number of nitrogens with one attached hydrogen (secondary N) is 1. The second-order valence-corrected chi connectivity index (χ2v) is 6.09. The summed E-state index contributed by atoms with van der Waals surface area (Å²) in [7, 11) is 0. The lowest BCUT2D eigenvalue weighted by Crippen LogP contribution is -2.46. The molecule has 2 aromatic carbocycles. The van der Waals surface area contributed by atoms with E-state index in [1.807, 2.05) is 24.3 Å². The van der Waals surface area contributed by atoms with Gasteiger partial charge in [-0.2, -0.15) is 0 Å². The molecule has 0 aliphatic heterocycles. The average molecular weight is 316 g/mol. The lowest BCUT2D eigenvalue weighted by Gasteiger charge is -2.31. The lowest BCUT2D eigenvalue weighted by molar-refractivity contribution is 0.0979. The first-order chi connectivity index (χ1) is 11.6. The second-order valence-electron chi connectivity index (χ2n) is 6.09. The molecule has 24 heavy (non-hydrogen) atoms. The van der Waals surface area contributed by atoms with Gasteiger partial charge in [-0.05, 0) is 12.1 Å². The Bertz CT molecular complexity index is 927. The van der Waals surface area contributed by atoms with Gasteiger partial charge in [-0.3, -0.25) is 9.59 Å². The topological polar surface area (TPSA) is 72.2 Å². The molecule has 0 aromatic heterocycles. The Kier molecular flexibility index (Phi) is 3.22. The molecule has 0 amide bonds. The maximum Gasteiger partial charge on any atom is 0.196 e. The maximum atomic E-state index is 13.0. The molecule has 0 saturated heterocycles. The van der Waals surface area contributed by atoms with Crippen molar-refractivity contribution in [2.24, 2.45) is 5.73 Å². The summed E-state index contributed by atoms with van der Waals surface area (Å²) in [4.78, 5) is 25.7. The first-order valence-electron chi connectivity index (χ1n) is 7.82. The number of hydrogen-bond acceptors (Lipinski definition) is 4. The Balaban J connectivity index is 1.83. The van der Waals surface area contributed by atoms with Crippen LogP contribution in [0.15, 0.2) is 66.8 Å². The lowest BCUT2D eigenvalue weighted by atomic mass is 9.83. The van der Waals surface area contributed by atoms with Crippen LogP contribution >= 0.6 is 0 Å². The molecule has 2 aliphatic rings. The van der Waals surface area contributed by atoms with Crippen molar-refractivity contribution in [3.63, 3.8) is 0 Å². The number of fused-ring (bicyclic) bond motifs is 2. The number of allylic oxidation sites excluding steroid dienone is 2. The summed E-state index contributed by atoms with van der Waals surface area (Å²) in [5.41, 5.74) is 7.88. The fourth-order valence-electron chi connectivity index (χ4n) is 3.23. The van der Waals surface area contributed by atoms with Gasteiger partial charge in [-0.25, -0.2) is 0 Å². The van der Waals surface area contributed by atoms with Crippen molar-refractivity contribution >= 4 is 17.3 Å². The highest BCUT2D eigenvalue weighted by Gasteiger charge is 2.33. The fraction of sp³-hybridized carbons (Fsp3) is 0.100. The third kappa shape index (κ3) is 2.20. The number of nitrogens with two attached hydrogens (primary N) is 1. The van der Waals surface area contributed by atoms with E-state index in [0.717, 1.165) is 0 Å². The smallest absolute Gasteiger partial charge is 0.196 e. The van der Waals surface area contributed by atoms with Crippen LogP contribution in [0.3, 0.4) is 0 Å². The van der Waals surface area contributed by atoms with E-state index in [9.17, 15) is 9.59 Å². The van der Waals surface area contributed by atoms with Gasteiger partial charge in [-0.1, -0.05) is 54.6 Å². The van der Waals surface area contributed by atoms with Crippen LogP contribution in [0.1, 0.15) is 38.3 Å². The monoisotopic (exact) mass is 316 g/mol. The molecule has 4 rings (SSSR count). The van der Waals surface area contributed by atoms with Gasteiger partial charge in [0.15, 0.2) is 11.6 Å². The maximum absolute atomic E-state index is 13.0. The highest BCUT2D eigenvalue weighted by Crippen LogP contribution is 2.33. The van der Waals surface area contributed by atoms with Crippen molar-refractivity contribution < 1.29 is 9.59 Å². The van der Waals surface area contributed by atoms with Crippen LogP contribution in [0.5, 0.6) is 0 Å². The molecule has 2 aliphatic carbocycles. The van der Waals surface area contributed by atoms with Crippen LogP contribution in [0, 0.1) is 0 Å². The molecule has 0 spiro atoms. The van der Waals surface area contributed by atoms with E-state index in [1.54, 1.807) is 42.5 Å². The number of benzene rings is 2. The number of carbonyl (C=O) groups is 2. The summed E-state index contributed by atoms with van der Waals surface area (Å²) in [6.45, 7) is 0. The van der Waals surface area contributed by atoms with Crippen LogP contribution in [0.2, 0.25) is 0 Å². The van der Waals surface area contributed by atoms with Crippen molar-refractivity contribution in [2.45, 2.75) is 12.1 Å². The Labute approximate surface area is 139 Å². The SMILES string of the molecule is NC1(Nc2cccc3c2C(=O)c2ccccc2C3=O)C=CC=CC1. The summed E-state index contributed by atoms with van der Waals surface area (Å²) in [6.07, 6.45) is 8.22. The molecular formula is C20H16N2O2. The summed E-state index contributed by atoms with van der Waals surface area (Å²) in [6, 6.07) is 12.2. The molecule has 0 fully saturated rings. The van der Waals surface area contributed by atoms with Gasteiger partial charge < -0.3 is 11.1 Å². The highest BCUT2D eigenvalue weighted by molar-refractivity contribution is 6.30. The minimum absolute atomic E-state index is 0.131. The number of anilines is 1. The van der Waals surface area contributed by atoms with Crippen molar-refractivity contribution in [3.05, 3.63) is 89.0 Å². The molecule has 0 heterocycles. The summed E-state index contributed by atoms with van der Waals surface area (Å²) >= 11 is 0. The van der Waals surface area contributed by atoms with Gasteiger partial charge in [-0.15, -0.1) is 0 Å². The standard InChI is InChI=1S/C20H16N2O2/c21-20(11-4-1-5-12-20)22-16-10-6-9-15-17(16)19(24)14-8-3-2-7-13(14)18(15)23/h1-11,22H,12,21H2. The quantitative estimate of drug-likeness (QED) is 0.713. The minimum Gasteiger partial charge on any atom is -0.363 e. The number of ketones is 2. The summed E-state index contributed by atoms with van der Waals surface area (Å²) in [5.74, 6) is -0.281. The van der Waals surface area contributed by atoms with Gasteiger partial charge in [0, 0.05) is 28.8 Å². The first kappa shape index (κ1) is 14.6. The zero-order chi connectivity index (χ0) is 16.7. The molecule has 1 atom stereocenters. The molecule has 4 nitrogen and oxygen atoms in total. The van der Waals surface area contributed by atoms with Crippen LogP contribution < -0.4 is 11.1 Å². The number of carbonyl (C=O) groups excluding carboxylic acids is 2. The van der Waals surface area contributed by atoms with Crippen molar-refractivity contribution in [1.29, 1.82) is 0 Å². The van der Waals surface area contributed by atoms with Gasteiger partial charge in [0.1, 0.15) is 5.66 Å². The van der Waals surface area contributed by atoms with Gasteiger partial charge in [0.05, 0.1) is 5.56 Å². The van der Waals surface area contributed by atoms with E-state index in [-0.39, 0.29) is 11.6 Å². The summed E-state index contributed by atoms with van der Waals surface area (Å²) < 4.78 is 0. The Hall–Kier alpha value is -2.98. The fourth-order valence-corrected chi connectivity index (χ4v) is 3.23. The van der Waals surface area contributed by atoms with Crippen LogP contribution in [0.25, 0.3) is 0 Å². The average Bonchev–Trinajstić information content (AvgIpc) is 2.60. The predicted molar refractivity (Wildman–Crippen MR) is 93.2 cm³/mol. The van der Waals surface area contributed by atoms with Gasteiger partial charge >= 0.3 is 0 Å². The van der Waals surface area contributed by atoms with E-state index < -0.39 is 5.66 Å². The molecule has 4 heteroatoms. The zero-order valence-corrected chi connectivity index (χ0v) is 13.0. The van der Waals surface area contributed by atoms with Crippen LogP contribution in [0.4, 0.5) is 5.69 Å². The van der Waals surface area contributed by atoms with Crippen molar-refractivity contribution in [3.8, 4) is 0 Å². The molecule has 2 aromatic rings. The van der Waals surface area contributed by atoms with E-state index >= 15 is 0 Å². The van der Waals surface area contributed by atoms with E-state index in [1.165, 1.54) is 0 Å². The largest absolute Gasteiger partial charge is 0.363 e. The summed E-state index contributed by atoms with van der Waals surface area (Å²) in [5, 5.41) is 3.23. The minimum atomic E-state index is -0.774. The third-order valence-corrected chi connectivity index (χ3v) is 4.42. The normalized spacial score (nSPS) is 21.4. The Morgan fingerprint density at radius 1 is 0.875 bits per heavy atom. The first-order valence-corrected chi connectivity index (χ1v) is 7.82. The zero-order valence-electron chi connectivity index (χ0n) is 13.0. The Morgan fingerprint density at radius 3 is 2.29 bits per heavy atom. The number of rotatable bonds is 2. The molecule has 1 unspecified atom stereocenters. The van der Waals surface area contributed by atoms with E-state index in [4.69, 9.17) is 5.73 Å². The van der Waals surface area contributed by atoms with Gasteiger partial charge in [0.25, 0.3) is 0 Å². The number of hydrogen-bond donors (Lipinski definition) is 2. The van der Waals surface area contributed by atoms with E-state index in [2.05, 4.69) is 5.32 Å². The third-order valence-electron chi connectivity index (χ3n) is 4.42. The molecule has 118 valence electrons. The molecule has 0 bridgehead atoms. The van der Waals surface area contributed by atoms with E-state index in [0.29, 0.717) is 34.4 Å². The van der Waals surface area contributed by atoms with Crippen molar-refractivity contribution in [1.82, 2.24) is 0 Å². The van der Waals surface area contributed by atoms with Gasteiger partial charge in [0.2, 0.25) is 0 Å². The van der Waals surface area contributed by atoms with Crippen molar-refractivity contribution in [2.75, 3.05) is 5.32 Å². The van der Waals surface area contributed by atoms with Crippen LogP contribution in [-0.2, 0) is 0 Å².